The molecule has 1 aromatic carbocycles. The van der Waals surface area contributed by atoms with Crippen molar-refractivity contribution in [3.63, 3.8) is 0 Å². The van der Waals surface area contributed by atoms with Crippen LogP contribution in [-0.2, 0) is 11.9 Å². The van der Waals surface area contributed by atoms with Gasteiger partial charge in [0.1, 0.15) is 5.69 Å². The van der Waals surface area contributed by atoms with Crippen molar-refractivity contribution in [1.29, 1.82) is 0 Å². The topological polar surface area (TPSA) is 47.4 Å². The lowest BCUT2D eigenvalue weighted by Gasteiger charge is -2.24. The lowest BCUT2D eigenvalue weighted by molar-refractivity contribution is -0.0977. The molecule has 1 unspecified atom stereocenters. The van der Waals surface area contributed by atoms with Gasteiger partial charge >= 0.3 is 0 Å². The number of hydrogen-bond donors (Lipinski definition) is 0. The van der Waals surface area contributed by atoms with Gasteiger partial charge in [0, 0.05) is 34.2 Å². The van der Waals surface area contributed by atoms with Crippen LogP contribution in [0.25, 0.3) is 0 Å². The summed E-state index contributed by atoms with van der Waals surface area (Å²) in [5.74, 6) is -1.08. The molecule has 0 N–H and O–H groups in total. The van der Waals surface area contributed by atoms with Gasteiger partial charge in [-0.15, -0.1) is 0 Å². The number of aromatic nitrogens is 2. The van der Waals surface area contributed by atoms with Gasteiger partial charge in [-0.2, -0.15) is 5.10 Å². The zero-order valence-corrected chi connectivity index (χ0v) is 16.4. The van der Waals surface area contributed by atoms with E-state index in [1.807, 2.05) is 0 Å². The summed E-state index contributed by atoms with van der Waals surface area (Å²) >= 11 is 18.3. The number of carbonyl (C=O) groups is 1. The Bertz CT molecular complexity index is 791. The highest BCUT2D eigenvalue weighted by molar-refractivity contribution is 6.39. The predicted octanol–water partition coefficient (Wildman–Crippen LogP) is 5.13. The number of carbonyl (C=O) groups excluding carboxylic acids is 1. The Kier molecular flexibility index (Phi) is 6.85. The van der Waals surface area contributed by atoms with Crippen molar-refractivity contribution in [1.82, 2.24) is 14.8 Å². The van der Waals surface area contributed by atoms with Crippen LogP contribution in [0.1, 0.15) is 40.9 Å². The number of rotatable bonds is 6. The smallest absolute Gasteiger partial charge is 0.275 e. The number of halogens is 5. The maximum atomic E-state index is 13.1. The fourth-order valence-electron chi connectivity index (χ4n) is 2.57. The highest BCUT2D eigenvalue weighted by Gasteiger charge is 2.28. The number of hydroxylamine groups is 2. The Morgan fingerprint density at radius 1 is 1.31 bits per heavy atom. The SMILES string of the molecule is CON(CC(C)c1c(Cl)cc(Cl)cc1Cl)C(=O)c1cn(C)nc1C(F)F. The van der Waals surface area contributed by atoms with Crippen LogP contribution >= 0.6 is 34.8 Å². The molecule has 2 aromatic rings. The highest BCUT2D eigenvalue weighted by atomic mass is 35.5. The van der Waals surface area contributed by atoms with Crippen molar-refractivity contribution < 1.29 is 18.4 Å². The van der Waals surface area contributed by atoms with Gasteiger partial charge in [0.25, 0.3) is 12.3 Å². The molecule has 2 rings (SSSR count). The largest absolute Gasteiger partial charge is 0.282 e. The molecule has 26 heavy (non-hydrogen) atoms. The Morgan fingerprint density at radius 2 is 1.88 bits per heavy atom. The van der Waals surface area contributed by atoms with Gasteiger partial charge in [-0.1, -0.05) is 41.7 Å². The van der Waals surface area contributed by atoms with Gasteiger partial charge in [0.15, 0.2) is 0 Å². The van der Waals surface area contributed by atoms with E-state index in [9.17, 15) is 13.6 Å². The lowest BCUT2D eigenvalue weighted by Crippen LogP contribution is -2.33. The van der Waals surface area contributed by atoms with Crippen LogP contribution in [0.4, 0.5) is 8.78 Å². The Labute approximate surface area is 164 Å². The average molecular weight is 427 g/mol. The third-order valence-corrected chi connectivity index (χ3v) is 4.56. The summed E-state index contributed by atoms with van der Waals surface area (Å²) in [4.78, 5) is 17.7. The molecule has 1 heterocycles. The standard InChI is InChI=1S/C16H16Cl3F2N3O2/c1-8(13-11(18)4-9(17)5-12(13)19)6-24(26-3)16(25)10-7-23(2)22-14(10)15(20)21/h4-5,7-8,15H,6H2,1-3H3. The molecule has 5 nitrogen and oxygen atoms in total. The Hall–Kier alpha value is -1.41. The molecule has 0 spiro atoms. The predicted molar refractivity (Wildman–Crippen MR) is 96.1 cm³/mol. The van der Waals surface area contributed by atoms with E-state index in [2.05, 4.69) is 5.10 Å². The molecule has 0 saturated carbocycles. The van der Waals surface area contributed by atoms with E-state index in [-0.39, 0.29) is 18.0 Å². The minimum absolute atomic E-state index is 0.0357. The summed E-state index contributed by atoms with van der Waals surface area (Å²) in [6, 6.07) is 3.08. The molecular formula is C16H16Cl3F2N3O2. The molecular weight excluding hydrogens is 411 g/mol. The number of alkyl halides is 2. The first kappa shape index (κ1) is 20.9. The molecule has 10 heteroatoms. The van der Waals surface area contributed by atoms with Gasteiger partial charge in [0.05, 0.1) is 19.2 Å². The molecule has 0 saturated heterocycles. The normalized spacial score (nSPS) is 12.5. The molecule has 0 bridgehead atoms. The molecule has 0 aliphatic carbocycles. The van der Waals surface area contributed by atoms with Gasteiger partial charge in [-0.25, -0.2) is 13.8 Å². The maximum absolute atomic E-state index is 13.1. The van der Waals surface area contributed by atoms with Crippen molar-refractivity contribution in [2.45, 2.75) is 19.3 Å². The number of hydrogen-bond acceptors (Lipinski definition) is 3. The summed E-state index contributed by atoms with van der Waals surface area (Å²) in [7, 11) is 2.73. The fraction of sp³-hybridized carbons (Fsp3) is 0.375. The van der Waals surface area contributed by atoms with Crippen molar-refractivity contribution >= 4 is 40.7 Å². The second kappa shape index (κ2) is 8.52. The van der Waals surface area contributed by atoms with Crippen LogP contribution in [0.15, 0.2) is 18.3 Å². The van der Waals surface area contributed by atoms with Crippen molar-refractivity contribution in [3.05, 3.63) is 50.2 Å². The van der Waals surface area contributed by atoms with E-state index >= 15 is 0 Å². The minimum Gasteiger partial charge on any atom is -0.275 e. The van der Waals surface area contributed by atoms with E-state index in [4.69, 9.17) is 39.6 Å². The number of amides is 1. The summed E-state index contributed by atoms with van der Waals surface area (Å²) in [6.07, 6.45) is -1.66. The molecule has 1 aromatic heterocycles. The zero-order chi connectivity index (χ0) is 19.6. The van der Waals surface area contributed by atoms with Crippen LogP contribution < -0.4 is 0 Å². The molecule has 0 radical (unpaired) electrons. The van der Waals surface area contributed by atoms with Gasteiger partial charge < -0.3 is 0 Å². The van der Waals surface area contributed by atoms with E-state index in [1.54, 1.807) is 6.92 Å². The monoisotopic (exact) mass is 425 g/mol. The van der Waals surface area contributed by atoms with Gasteiger partial charge in [-0.3, -0.25) is 14.3 Å². The average Bonchev–Trinajstić information content (AvgIpc) is 2.93. The number of aryl methyl sites for hydroxylation is 1. The summed E-state index contributed by atoms with van der Waals surface area (Å²) < 4.78 is 27.4. The number of nitrogens with zero attached hydrogens (tertiary/aromatic N) is 3. The van der Waals surface area contributed by atoms with Crippen molar-refractivity contribution in [2.24, 2.45) is 7.05 Å². The van der Waals surface area contributed by atoms with E-state index < -0.39 is 18.0 Å². The van der Waals surface area contributed by atoms with Crippen LogP contribution in [-0.4, -0.2) is 34.4 Å². The molecule has 0 aliphatic rings. The fourth-order valence-corrected chi connectivity index (χ4v) is 3.76. The first-order chi connectivity index (χ1) is 12.1. The van der Waals surface area contributed by atoms with Gasteiger partial charge in [-0.05, 0) is 17.7 Å². The minimum atomic E-state index is -2.88. The Morgan fingerprint density at radius 3 is 2.38 bits per heavy atom. The second-order valence-electron chi connectivity index (χ2n) is 5.64. The summed E-state index contributed by atoms with van der Waals surface area (Å²) in [5, 5.41) is 5.66. The first-order valence-electron chi connectivity index (χ1n) is 7.47. The van der Waals surface area contributed by atoms with E-state index in [0.717, 1.165) is 9.75 Å². The van der Waals surface area contributed by atoms with Crippen molar-refractivity contribution in [3.8, 4) is 0 Å². The van der Waals surface area contributed by atoms with Crippen molar-refractivity contribution in [2.75, 3.05) is 13.7 Å². The van der Waals surface area contributed by atoms with Gasteiger partial charge in [0.2, 0.25) is 0 Å². The molecule has 142 valence electrons. The van der Waals surface area contributed by atoms with E-state index in [0.29, 0.717) is 20.6 Å². The lowest BCUT2D eigenvalue weighted by atomic mass is 10.0. The van der Waals surface area contributed by atoms with Crippen LogP contribution in [0.3, 0.4) is 0 Å². The molecule has 1 amide bonds. The maximum Gasteiger partial charge on any atom is 0.282 e. The molecule has 0 fully saturated rings. The Balaban J connectivity index is 2.28. The summed E-state index contributed by atoms with van der Waals surface area (Å²) in [6.45, 7) is 1.81. The first-order valence-corrected chi connectivity index (χ1v) is 8.61. The third-order valence-electron chi connectivity index (χ3n) is 3.72. The molecule has 0 aliphatic heterocycles. The van der Waals surface area contributed by atoms with Crippen LogP contribution in [0, 0.1) is 0 Å². The quantitative estimate of drug-likeness (QED) is 0.602. The molecule has 1 atom stereocenters. The van der Waals surface area contributed by atoms with Crippen LogP contribution in [0.2, 0.25) is 15.1 Å². The zero-order valence-electron chi connectivity index (χ0n) is 14.1. The highest BCUT2D eigenvalue weighted by Crippen LogP contribution is 2.35. The summed E-state index contributed by atoms with van der Waals surface area (Å²) in [5.41, 5.74) is -0.257. The van der Waals surface area contributed by atoms with Crippen LogP contribution in [0.5, 0.6) is 0 Å². The second-order valence-corrected chi connectivity index (χ2v) is 6.89. The number of benzene rings is 1. The third kappa shape index (κ3) is 4.46. The van der Waals surface area contributed by atoms with E-state index in [1.165, 1.54) is 32.5 Å².